The van der Waals surface area contributed by atoms with E-state index in [0.717, 1.165) is 4.90 Å². The summed E-state index contributed by atoms with van der Waals surface area (Å²) in [5.41, 5.74) is 0.905. The fourth-order valence-electron chi connectivity index (χ4n) is 3.91. The molecule has 1 aromatic heterocycles. The predicted octanol–water partition coefficient (Wildman–Crippen LogP) is 1.08. The van der Waals surface area contributed by atoms with Gasteiger partial charge in [0.05, 0.1) is 29.9 Å². The minimum absolute atomic E-state index is 0.00905. The summed E-state index contributed by atoms with van der Waals surface area (Å²) in [4.78, 5) is 42.2. The zero-order valence-electron chi connectivity index (χ0n) is 16.8. The van der Waals surface area contributed by atoms with Crippen LogP contribution in [0, 0.1) is 10.1 Å². The van der Waals surface area contributed by atoms with Crippen LogP contribution in [-0.4, -0.2) is 75.9 Å². The first-order valence-electron chi connectivity index (χ1n) is 9.95. The Hall–Kier alpha value is -3.50. The third kappa shape index (κ3) is 4.07. The molecule has 1 fully saturated rings. The first-order valence-corrected chi connectivity index (χ1v) is 9.95. The van der Waals surface area contributed by atoms with Gasteiger partial charge in [-0.15, -0.1) is 0 Å². The van der Waals surface area contributed by atoms with E-state index in [4.69, 9.17) is 9.52 Å². The van der Waals surface area contributed by atoms with Gasteiger partial charge in [0.2, 0.25) is 0 Å². The minimum Gasteiger partial charge on any atom is -0.467 e. The Kier molecular flexibility index (Phi) is 5.83. The van der Waals surface area contributed by atoms with Crippen LogP contribution < -0.4 is 0 Å². The van der Waals surface area contributed by atoms with Crippen molar-refractivity contribution in [2.75, 3.05) is 39.3 Å². The highest BCUT2D eigenvalue weighted by atomic mass is 16.6. The molecular formula is C21H22N4O6. The summed E-state index contributed by atoms with van der Waals surface area (Å²) in [6.07, 6.45) is 1.48. The summed E-state index contributed by atoms with van der Waals surface area (Å²) in [6.45, 7) is 2.98. The molecule has 0 atom stereocenters. The first-order chi connectivity index (χ1) is 15.0. The molecule has 0 aliphatic carbocycles. The molecular weight excluding hydrogens is 404 g/mol. The van der Waals surface area contributed by atoms with Crippen LogP contribution in [0.4, 0.5) is 5.69 Å². The molecule has 2 amide bonds. The van der Waals surface area contributed by atoms with Crippen LogP contribution in [0.2, 0.25) is 0 Å². The van der Waals surface area contributed by atoms with E-state index in [1.807, 2.05) is 4.90 Å². The molecule has 2 aliphatic heterocycles. The van der Waals surface area contributed by atoms with Gasteiger partial charge in [-0.2, -0.15) is 0 Å². The van der Waals surface area contributed by atoms with E-state index in [2.05, 4.69) is 4.90 Å². The Labute approximate surface area is 178 Å². The van der Waals surface area contributed by atoms with E-state index < -0.39 is 16.7 Å². The summed E-state index contributed by atoms with van der Waals surface area (Å²) < 4.78 is 5.31. The monoisotopic (exact) mass is 426 g/mol. The Bertz CT molecular complexity index is 1010. The van der Waals surface area contributed by atoms with Gasteiger partial charge in [-0.3, -0.25) is 29.5 Å². The maximum Gasteiger partial charge on any atom is 0.278 e. The molecule has 2 aliphatic rings. The van der Waals surface area contributed by atoms with Crippen LogP contribution in [0.1, 0.15) is 11.3 Å². The third-order valence-electron chi connectivity index (χ3n) is 5.51. The second-order valence-corrected chi connectivity index (χ2v) is 7.36. The number of furan rings is 1. The van der Waals surface area contributed by atoms with Crippen molar-refractivity contribution in [1.29, 1.82) is 0 Å². The maximum absolute atomic E-state index is 13.3. The fraction of sp³-hybridized carbons (Fsp3) is 0.333. The van der Waals surface area contributed by atoms with Crippen LogP contribution in [0.25, 0.3) is 5.57 Å². The SMILES string of the molecule is O=C1C(c2ccc([N+](=O)[O-])cc2)=C(N2CCN(CCO)CC2)C(=O)N1Cc1ccco1. The summed E-state index contributed by atoms with van der Waals surface area (Å²) in [6, 6.07) is 9.02. The molecule has 10 heteroatoms. The average molecular weight is 426 g/mol. The van der Waals surface area contributed by atoms with Gasteiger partial charge in [-0.1, -0.05) is 0 Å². The number of β-amino-alcohol motifs (C(OH)–C–C–N with tert-alkyl or cyclic N) is 1. The number of carbonyl (C=O) groups excluding carboxylic acids is 2. The second-order valence-electron chi connectivity index (χ2n) is 7.36. The maximum atomic E-state index is 13.3. The molecule has 2 aromatic rings. The zero-order chi connectivity index (χ0) is 22.0. The number of amides is 2. The standard InChI is InChI=1S/C21H22N4O6/c26-12-11-22-7-9-23(10-8-22)19-18(15-3-5-16(6-4-15)25(29)30)20(27)24(21(19)28)14-17-2-1-13-31-17/h1-6,13,26H,7-12,14H2. The van der Waals surface area contributed by atoms with Crippen LogP contribution in [-0.2, 0) is 16.1 Å². The number of hydrogen-bond donors (Lipinski definition) is 1. The van der Waals surface area contributed by atoms with Crippen molar-refractivity contribution in [1.82, 2.24) is 14.7 Å². The van der Waals surface area contributed by atoms with Crippen molar-refractivity contribution in [2.45, 2.75) is 6.54 Å². The van der Waals surface area contributed by atoms with Crippen LogP contribution in [0.15, 0.2) is 52.8 Å². The summed E-state index contributed by atoms with van der Waals surface area (Å²) in [7, 11) is 0. The number of rotatable bonds is 7. The van der Waals surface area contributed by atoms with E-state index >= 15 is 0 Å². The molecule has 0 spiro atoms. The van der Waals surface area contributed by atoms with Crippen molar-refractivity contribution < 1.29 is 24.0 Å². The minimum atomic E-state index is -0.510. The Balaban J connectivity index is 1.68. The van der Waals surface area contributed by atoms with Crippen molar-refractivity contribution in [3.8, 4) is 0 Å². The summed E-state index contributed by atoms with van der Waals surface area (Å²) >= 11 is 0. The lowest BCUT2D eigenvalue weighted by Crippen LogP contribution is -2.48. The first kappa shape index (κ1) is 20.8. The lowest BCUT2D eigenvalue weighted by Gasteiger charge is -2.36. The summed E-state index contributed by atoms with van der Waals surface area (Å²) in [5, 5.41) is 20.2. The number of nitro benzene ring substituents is 1. The lowest BCUT2D eigenvalue weighted by molar-refractivity contribution is -0.384. The molecule has 0 saturated carbocycles. The Morgan fingerprint density at radius 3 is 2.32 bits per heavy atom. The summed E-state index contributed by atoms with van der Waals surface area (Å²) in [5.74, 6) is -0.382. The Morgan fingerprint density at radius 2 is 1.74 bits per heavy atom. The van der Waals surface area contributed by atoms with E-state index in [0.29, 0.717) is 49.7 Å². The number of aliphatic hydroxyl groups is 1. The van der Waals surface area contributed by atoms with E-state index in [-0.39, 0.29) is 24.4 Å². The molecule has 31 heavy (non-hydrogen) atoms. The van der Waals surface area contributed by atoms with Gasteiger partial charge < -0.3 is 14.4 Å². The normalized spacial score (nSPS) is 17.7. The van der Waals surface area contributed by atoms with Gasteiger partial charge in [0.1, 0.15) is 11.5 Å². The van der Waals surface area contributed by atoms with E-state index in [9.17, 15) is 19.7 Å². The van der Waals surface area contributed by atoms with E-state index in [1.165, 1.54) is 30.5 Å². The smallest absolute Gasteiger partial charge is 0.278 e. The molecule has 1 saturated heterocycles. The van der Waals surface area contributed by atoms with Crippen LogP contribution in [0.5, 0.6) is 0 Å². The van der Waals surface area contributed by atoms with Gasteiger partial charge in [-0.25, -0.2) is 0 Å². The molecule has 162 valence electrons. The van der Waals surface area contributed by atoms with Gasteiger partial charge in [-0.05, 0) is 29.8 Å². The molecule has 10 nitrogen and oxygen atoms in total. The van der Waals surface area contributed by atoms with Crippen LogP contribution >= 0.6 is 0 Å². The number of benzene rings is 1. The topological polar surface area (TPSA) is 120 Å². The molecule has 1 aromatic carbocycles. The van der Waals surface area contributed by atoms with Crippen molar-refractivity contribution in [3.05, 3.63) is 69.8 Å². The van der Waals surface area contributed by atoms with Crippen molar-refractivity contribution in [2.24, 2.45) is 0 Å². The third-order valence-corrected chi connectivity index (χ3v) is 5.51. The highest BCUT2D eigenvalue weighted by Crippen LogP contribution is 2.33. The Morgan fingerprint density at radius 1 is 1.03 bits per heavy atom. The number of non-ortho nitro benzene ring substituents is 1. The molecule has 0 radical (unpaired) electrons. The predicted molar refractivity (Wildman–Crippen MR) is 109 cm³/mol. The molecule has 3 heterocycles. The second kappa shape index (κ2) is 8.70. The number of aliphatic hydroxyl groups excluding tert-OH is 1. The quantitative estimate of drug-likeness (QED) is 0.397. The number of hydrogen-bond acceptors (Lipinski definition) is 8. The van der Waals surface area contributed by atoms with Crippen LogP contribution in [0.3, 0.4) is 0 Å². The lowest BCUT2D eigenvalue weighted by atomic mass is 10.0. The van der Waals surface area contributed by atoms with Crippen molar-refractivity contribution >= 4 is 23.1 Å². The fourth-order valence-corrected chi connectivity index (χ4v) is 3.91. The number of piperazine rings is 1. The van der Waals surface area contributed by atoms with Gasteiger partial charge >= 0.3 is 0 Å². The van der Waals surface area contributed by atoms with Crippen molar-refractivity contribution in [3.63, 3.8) is 0 Å². The average Bonchev–Trinajstić information content (AvgIpc) is 3.37. The molecule has 0 bridgehead atoms. The number of nitro groups is 1. The number of imide groups is 1. The van der Waals surface area contributed by atoms with Gasteiger partial charge in [0.25, 0.3) is 17.5 Å². The van der Waals surface area contributed by atoms with E-state index in [1.54, 1.807) is 12.1 Å². The highest BCUT2D eigenvalue weighted by Gasteiger charge is 2.42. The zero-order valence-corrected chi connectivity index (χ0v) is 16.8. The van der Waals surface area contributed by atoms with Gasteiger partial charge in [0.15, 0.2) is 0 Å². The molecule has 4 rings (SSSR count). The van der Waals surface area contributed by atoms with Gasteiger partial charge in [0, 0.05) is 44.9 Å². The molecule has 1 N–H and O–H groups in total. The number of carbonyl (C=O) groups is 2. The largest absolute Gasteiger partial charge is 0.467 e. The molecule has 0 unspecified atom stereocenters. The highest BCUT2D eigenvalue weighted by molar-refractivity contribution is 6.35. The number of nitrogens with zero attached hydrogens (tertiary/aromatic N) is 4.